The van der Waals surface area contributed by atoms with Gasteiger partial charge < -0.3 is 5.11 Å². The van der Waals surface area contributed by atoms with Crippen molar-refractivity contribution < 1.29 is 23.1 Å². The largest absolute Gasteiger partial charge is 0.477 e. The summed E-state index contributed by atoms with van der Waals surface area (Å²) in [6.45, 7) is 2.97. The molecule has 0 aliphatic carbocycles. The molecule has 1 N–H and O–H groups in total. The van der Waals surface area contributed by atoms with Gasteiger partial charge in [0.1, 0.15) is 5.69 Å². The summed E-state index contributed by atoms with van der Waals surface area (Å²) >= 11 is 0. The first-order valence-corrected chi connectivity index (χ1v) is 4.89. The normalized spacial score (nSPS) is 12.0. The van der Waals surface area contributed by atoms with Crippen molar-refractivity contribution in [3.8, 4) is 12.3 Å². The van der Waals surface area contributed by atoms with E-state index < -0.39 is 28.8 Å². The highest BCUT2D eigenvalue weighted by molar-refractivity contribution is 5.85. The number of pyridine rings is 1. The Balaban J connectivity index is 3.52. The van der Waals surface area contributed by atoms with Crippen LogP contribution in [-0.2, 0) is 11.6 Å². The molecule has 0 saturated carbocycles. The topological polar surface area (TPSA) is 50.2 Å². The van der Waals surface area contributed by atoms with Gasteiger partial charge in [-0.25, -0.2) is 9.78 Å². The number of carbonyl (C=O) groups is 1. The lowest BCUT2D eigenvalue weighted by Crippen LogP contribution is -2.20. The van der Waals surface area contributed by atoms with E-state index in [0.717, 1.165) is 6.07 Å². The molecule has 0 aromatic carbocycles. The van der Waals surface area contributed by atoms with E-state index in [1.54, 1.807) is 0 Å². The maximum absolute atomic E-state index is 12.6. The number of terminal acetylenes is 1. The predicted octanol–water partition coefficient (Wildman–Crippen LogP) is 2.71. The average Bonchev–Trinajstić information content (AvgIpc) is 2.27. The molecule has 0 fully saturated rings. The van der Waals surface area contributed by atoms with Crippen molar-refractivity contribution in [2.75, 3.05) is 0 Å². The lowest BCUT2D eigenvalue weighted by molar-refractivity contribution is -0.137. The number of halogens is 3. The second-order valence-corrected chi connectivity index (χ2v) is 4.20. The van der Waals surface area contributed by atoms with Crippen molar-refractivity contribution in [1.82, 2.24) is 4.98 Å². The lowest BCUT2D eigenvalue weighted by atomic mass is 9.89. The molecule has 18 heavy (non-hydrogen) atoms. The van der Waals surface area contributed by atoms with Crippen molar-refractivity contribution in [2.45, 2.75) is 25.4 Å². The quantitative estimate of drug-likeness (QED) is 0.829. The van der Waals surface area contributed by atoms with Crippen LogP contribution < -0.4 is 0 Å². The fraction of sp³-hybridized carbons (Fsp3) is 0.333. The van der Waals surface area contributed by atoms with Gasteiger partial charge in [-0.2, -0.15) is 13.2 Å². The first-order chi connectivity index (χ1) is 8.08. The number of hydrogen-bond acceptors (Lipinski definition) is 2. The lowest BCUT2D eigenvalue weighted by Gasteiger charge is -2.19. The van der Waals surface area contributed by atoms with Crippen LogP contribution in [0, 0.1) is 12.3 Å². The molecule has 3 nitrogen and oxygen atoms in total. The van der Waals surface area contributed by atoms with Gasteiger partial charge in [0, 0.05) is 0 Å². The second kappa shape index (κ2) is 4.33. The Hall–Kier alpha value is -2.03. The zero-order chi connectivity index (χ0) is 14.1. The van der Waals surface area contributed by atoms with Crippen molar-refractivity contribution >= 4 is 5.97 Å². The highest BCUT2D eigenvalue weighted by Crippen LogP contribution is 2.32. The number of nitrogens with zero attached hydrogens (tertiary/aromatic N) is 1. The smallest absolute Gasteiger partial charge is 0.416 e. The Kier molecular flexibility index (Phi) is 3.38. The van der Waals surface area contributed by atoms with Crippen LogP contribution in [0.4, 0.5) is 13.2 Å². The number of carboxylic acids is 1. The Morgan fingerprint density at radius 1 is 1.39 bits per heavy atom. The molecule has 0 amide bonds. The maximum atomic E-state index is 12.6. The number of rotatable bonds is 2. The van der Waals surface area contributed by atoms with Crippen molar-refractivity contribution in [3.05, 3.63) is 29.1 Å². The summed E-state index contributed by atoms with van der Waals surface area (Å²) in [6.07, 6.45) is 0.559. The molecule has 96 valence electrons. The fourth-order valence-corrected chi connectivity index (χ4v) is 1.20. The molecule has 0 unspecified atom stereocenters. The van der Waals surface area contributed by atoms with Gasteiger partial charge in [-0.1, -0.05) is 5.92 Å². The van der Waals surface area contributed by atoms with E-state index in [1.165, 1.54) is 13.8 Å². The van der Waals surface area contributed by atoms with E-state index in [0.29, 0.717) is 6.07 Å². The molecule has 1 rings (SSSR count). The van der Waals surface area contributed by atoms with Crippen LogP contribution in [0.3, 0.4) is 0 Å². The molecular formula is C12H10F3NO2. The first-order valence-electron chi connectivity index (χ1n) is 4.89. The average molecular weight is 257 g/mol. The third-order valence-corrected chi connectivity index (χ3v) is 2.37. The monoisotopic (exact) mass is 257 g/mol. The van der Waals surface area contributed by atoms with Gasteiger partial charge in [-0.05, 0) is 26.0 Å². The molecule has 1 aromatic rings. The molecule has 0 radical (unpaired) electrons. The minimum Gasteiger partial charge on any atom is -0.477 e. The van der Waals surface area contributed by atoms with Crippen molar-refractivity contribution in [1.29, 1.82) is 0 Å². The third kappa shape index (κ3) is 2.80. The van der Waals surface area contributed by atoms with E-state index in [9.17, 15) is 18.0 Å². The van der Waals surface area contributed by atoms with Crippen LogP contribution in [0.1, 0.15) is 35.6 Å². The van der Waals surface area contributed by atoms with Crippen LogP contribution in [0.25, 0.3) is 0 Å². The van der Waals surface area contributed by atoms with E-state index >= 15 is 0 Å². The Labute approximate surface area is 102 Å². The Morgan fingerprint density at radius 3 is 2.33 bits per heavy atom. The van der Waals surface area contributed by atoms with Crippen LogP contribution in [0.2, 0.25) is 0 Å². The van der Waals surface area contributed by atoms with Gasteiger partial charge >= 0.3 is 12.1 Å². The van der Waals surface area contributed by atoms with Gasteiger partial charge in [0.05, 0.1) is 16.7 Å². The molecule has 1 heterocycles. The number of aromatic carboxylic acids is 1. The number of aromatic nitrogens is 1. The molecule has 0 bridgehead atoms. The van der Waals surface area contributed by atoms with Crippen LogP contribution in [-0.4, -0.2) is 16.1 Å². The standard InChI is InChI=1S/C12H10F3NO2/c1-4-11(2,3)9-6-7(12(13,14)15)5-8(16-9)10(17)18/h1,5-6H,2-3H3,(H,17,18). The summed E-state index contributed by atoms with van der Waals surface area (Å²) in [5.74, 6) is 0.747. The number of alkyl halides is 3. The highest BCUT2D eigenvalue weighted by Gasteiger charge is 2.34. The molecule has 6 heteroatoms. The zero-order valence-corrected chi connectivity index (χ0v) is 9.67. The molecule has 0 saturated heterocycles. The molecule has 0 spiro atoms. The molecule has 1 aromatic heterocycles. The number of hydrogen-bond donors (Lipinski definition) is 1. The van der Waals surface area contributed by atoms with E-state index in [-0.39, 0.29) is 5.69 Å². The van der Waals surface area contributed by atoms with Gasteiger partial charge in [-0.15, -0.1) is 6.42 Å². The Bertz CT molecular complexity index is 527. The van der Waals surface area contributed by atoms with Gasteiger partial charge in [0.15, 0.2) is 0 Å². The fourth-order valence-electron chi connectivity index (χ4n) is 1.20. The summed E-state index contributed by atoms with van der Waals surface area (Å²) in [4.78, 5) is 14.4. The first kappa shape index (κ1) is 14.0. The van der Waals surface area contributed by atoms with E-state index in [2.05, 4.69) is 10.9 Å². The van der Waals surface area contributed by atoms with Crippen molar-refractivity contribution in [3.63, 3.8) is 0 Å². The highest BCUT2D eigenvalue weighted by atomic mass is 19.4. The zero-order valence-electron chi connectivity index (χ0n) is 9.67. The minimum atomic E-state index is -4.65. The summed E-state index contributed by atoms with van der Waals surface area (Å²) < 4.78 is 37.9. The summed E-state index contributed by atoms with van der Waals surface area (Å²) in [5, 5.41) is 8.76. The molecular weight excluding hydrogens is 247 g/mol. The molecule has 0 atom stereocenters. The summed E-state index contributed by atoms with van der Waals surface area (Å²) in [6, 6.07) is 1.25. The van der Waals surface area contributed by atoms with Crippen LogP contribution >= 0.6 is 0 Å². The SMILES string of the molecule is C#CC(C)(C)c1cc(C(F)(F)F)cc(C(=O)O)n1. The van der Waals surface area contributed by atoms with Gasteiger partial charge in [0.2, 0.25) is 0 Å². The van der Waals surface area contributed by atoms with Gasteiger partial charge in [0.25, 0.3) is 0 Å². The van der Waals surface area contributed by atoms with E-state index in [1.807, 2.05) is 0 Å². The predicted molar refractivity (Wildman–Crippen MR) is 58.1 cm³/mol. The van der Waals surface area contributed by atoms with Crippen molar-refractivity contribution in [2.24, 2.45) is 0 Å². The molecule has 0 aliphatic heterocycles. The number of carboxylic acid groups (broad SMARTS) is 1. The minimum absolute atomic E-state index is 0.0998. The molecule has 0 aliphatic rings. The third-order valence-electron chi connectivity index (χ3n) is 2.37. The van der Waals surface area contributed by atoms with E-state index in [4.69, 9.17) is 11.5 Å². The second-order valence-electron chi connectivity index (χ2n) is 4.20. The van der Waals surface area contributed by atoms with Crippen LogP contribution in [0.5, 0.6) is 0 Å². The maximum Gasteiger partial charge on any atom is 0.416 e. The summed E-state index contributed by atoms with van der Waals surface area (Å²) in [5.41, 5.74) is -2.93. The summed E-state index contributed by atoms with van der Waals surface area (Å²) in [7, 11) is 0. The van der Waals surface area contributed by atoms with Crippen LogP contribution in [0.15, 0.2) is 12.1 Å². The van der Waals surface area contributed by atoms with Gasteiger partial charge in [-0.3, -0.25) is 0 Å². The Morgan fingerprint density at radius 2 is 1.94 bits per heavy atom.